The Labute approximate surface area is 178 Å². The van der Waals surface area contributed by atoms with E-state index in [0.29, 0.717) is 34.7 Å². The molecule has 0 aliphatic heterocycles. The second-order valence-corrected chi connectivity index (χ2v) is 7.03. The molecule has 0 aliphatic rings. The van der Waals surface area contributed by atoms with E-state index in [0.717, 1.165) is 11.3 Å². The summed E-state index contributed by atoms with van der Waals surface area (Å²) in [6, 6.07) is 14.6. The highest BCUT2D eigenvalue weighted by atomic mass is 35.5. The van der Waals surface area contributed by atoms with Crippen LogP contribution in [0.5, 0.6) is 17.2 Å². The fourth-order valence-corrected chi connectivity index (χ4v) is 3.13. The van der Waals surface area contributed by atoms with Crippen molar-refractivity contribution in [1.29, 1.82) is 0 Å². The van der Waals surface area contributed by atoms with Gasteiger partial charge in [0.05, 0.1) is 11.6 Å². The van der Waals surface area contributed by atoms with Crippen LogP contribution in [0.4, 0.5) is 10.1 Å². The average Bonchev–Trinajstić information content (AvgIpc) is 2.69. The molecule has 0 bridgehead atoms. The van der Waals surface area contributed by atoms with Crippen LogP contribution in [0.2, 0.25) is 10.0 Å². The smallest absolute Gasteiger partial charge is 0.163 e. The maximum atomic E-state index is 14.0. The Balaban J connectivity index is 1.77. The molecular weight excluding hydrogens is 416 g/mol. The van der Waals surface area contributed by atoms with Crippen LogP contribution in [-0.2, 0) is 13.2 Å². The van der Waals surface area contributed by atoms with E-state index < -0.39 is 5.82 Å². The van der Waals surface area contributed by atoms with Crippen molar-refractivity contribution in [3.8, 4) is 17.2 Å². The number of phenolic OH excluding ortho intramolecular Hbond substituents is 1. The van der Waals surface area contributed by atoms with E-state index in [2.05, 4.69) is 5.32 Å². The van der Waals surface area contributed by atoms with Gasteiger partial charge in [0.15, 0.2) is 11.5 Å². The van der Waals surface area contributed by atoms with Crippen molar-refractivity contribution in [3.05, 3.63) is 81.6 Å². The quantitative estimate of drug-likeness (QED) is 0.400. The third-order valence-corrected chi connectivity index (χ3v) is 4.90. The van der Waals surface area contributed by atoms with Crippen LogP contribution in [0.3, 0.4) is 0 Å². The molecule has 0 radical (unpaired) electrons. The summed E-state index contributed by atoms with van der Waals surface area (Å²) >= 11 is 12.5. The minimum absolute atomic E-state index is 0.0486. The fraction of sp³-hybridized carbons (Fsp3) is 0.182. The van der Waals surface area contributed by atoms with Gasteiger partial charge in [-0.05, 0) is 55.0 Å². The molecule has 3 rings (SSSR count). The monoisotopic (exact) mass is 435 g/mol. The highest BCUT2D eigenvalue weighted by Gasteiger charge is 2.14. The van der Waals surface area contributed by atoms with Gasteiger partial charge in [0.25, 0.3) is 0 Å². The molecule has 0 amide bonds. The molecule has 0 aromatic heterocycles. The lowest BCUT2D eigenvalue weighted by molar-refractivity contribution is 0.265. The molecule has 0 heterocycles. The third kappa shape index (κ3) is 5.46. The first-order valence-corrected chi connectivity index (χ1v) is 9.77. The van der Waals surface area contributed by atoms with Crippen molar-refractivity contribution in [2.45, 2.75) is 20.1 Å². The van der Waals surface area contributed by atoms with Crippen molar-refractivity contribution in [3.63, 3.8) is 0 Å². The Morgan fingerprint density at radius 1 is 0.966 bits per heavy atom. The number of rotatable bonds is 8. The summed E-state index contributed by atoms with van der Waals surface area (Å²) in [5.74, 6) is 0.677. The molecule has 0 aliphatic carbocycles. The predicted octanol–water partition coefficient (Wildman–Crippen LogP) is 6.43. The number of benzene rings is 3. The highest BCUT2D eigenvalue weighted by molar-refractivity contribution is 6.31. The van der Waals surface area contributed by atoms with E-state index in [9.17, 15) is 9.50 Å². The van der Waals surface area contributed by atoms with E-state index in [1.807, 2.05) is 6.92 Å². The van der Waals surface area contributed by atoms with E-state index >= 15 is 0 Å². The molecule has 0 atom stereocenters. The van der Waals surface area contributed by atoms with Crippen LogP contribution >= 0.6 is 23.2 Å². The molecule has 2 N–H and O–H groups in total. The average molecular weight is 436 g/mol. The Hall–Kier alpha value is -2.63. The van der Waals surface area contributed by atoms with Gasteiger partial charge in [0.1, 0.15) is 18.2 Å². The molecule has 152 valence electrons. The number of ether oxygens (including phenoxy) is 2. The molecule has 3 aromatic rings. The summed E-state index contributed by atoms with van der Waals surface area (Å²) in [7, 11) is 0. The number of aromatic hydroxyl groups is 1. The molecule has 0 unspecified atom stereocenters. The maximum absolute atomic E-state index is 14.0. The fourth-order valence-electron chi connectivity index (χ4n) is 2.69. The van der Waals surface area contributed by atoms with Crippen LogP contribution in [-0.4, -0.2) is 11.7 Å². The van der Waals surface area contributed by atoms with Crippen LogP contribution in [0.15, 0.2) is 54.6 Å². The van der Waals surface area contributed by atoms with E-state index in [1.165, 1.54) is 6.07 Å². The van der Waals surface area contributed by atoms with Gasteiger partial charge in [-0.1, -0.05) is 29.3 Å². The lowest BCUT2D eigenvalue weighted by atomic mass is 10.2. The van der Waals surface area contributed by atoms with Crippen LogP contribution in [0.25, 0.3) is 0 Å². The second-order valence-electron chi connectivity index (χ2n) is 6.21. The van der Waals surface area contributed by atoms with Gasteiger partial charge in [-0.25, -0.2) is 4.39 Å². The summed E-state index contributed by atoms with van der Waals surface area (Å²) in [6.07, 6.45) is 0. The molecular formula is C22H20Cl2FNO3. The molecule has 0 fully saturated rings. The van der Waals surface area contributed by atoms with Crippen molar-refractivity contribution in [1.82, 2.24) is 0 Å². The zero-order valence-electron chi connectivity index (χ0n) is 15.7. The minimum atomic E-state index is -0.434. The summed E-state index contributed by atoms with van der Waals surface area (Å²) < 4.78 is 25.4. The zero-order chi connectivity index (χ0) is 20.8. The molecule has 4 nitrogen and oxygen atoms in total. The Kier molecular flexibility index (Phi) is 7.07. The van der Waals surface area contributed by atoms with E-state index in [1.54, 1.807) is 48.5 Å². The first kappa shape index (κ1) is 21.1. The summed E-state index contributed by atoms with van der Waals surface area (Å²) in [4.78, 5) is 0. The summed E-state index contributed by atoms with van der Waals surface area (Å²) in [5.41, 5.74) is 1.91. The number of halogens is 3. The molecule has 0 saturated carbocycles. The topological polar surface area (TPSA) is 50.7 Å². The number of hydrogen-bond donors (Lipinski definition) is 2. The van der Waals surface area contributed by atoms with Gasteiger partial charge >= 0.3 is 0 Å². The van der Waals surface area contributed by atoms with Gasteiger partial charge in [0.2, 0.25) is 0 Å². The van der Waals surface area contributed by atoms with E-state index in [-0.39, 0.29) is 17.9 Å². The van der Waals surface area contributed by atoms with Gasteiger partial charge in [-0.2, -0.15) is 0 Å². The molecule has 7 heteroatoms. The predicted molar refractivity (Wildman–Crippen MR) is 114 cm³/mol. The lowest BCUT2D eigenvalue weighted by Crippen LogP contribution is -2.05. The standard InChI is InChI=1S/C22H20Cl2FNO3/c1-2-28-21-10-14(12-26-15-6-8-16(27)9-7-15)19(24)11-22(21)29-13-17-18(23)4-3-5-20(17)25/h3-11,26-27H,2,12-13H2,1H3. The zero-order valence-corrected chi connectivity index (χ0v) is 17.2. The highest BCUT2D eigenvalue weighted by Crippen LogP contribution is 2.35. The second kappa shape index (κ2) is 9.72. The van der Waals surface area contributed by atoms with Gasteiger partial charge in [0, 0.05) is 28.9 Å². The van der Waals surface area contributed by atoms with Crippen molar-refractivity contribution >= 4 is 28.9 Å². The summed E-state index contributed by atoms with van der Waals surface area (Å²) in [5, 5.41) is 13.4. The third-order valence-electron chi connectivity index (χ3n) is 4.20. The normalized spacial score (nSPS) is 10.6. The molecule has 0 saturated heterocycles. The first-order valence-electron chi connectivity index (χ1n) is 9.01. The number of hydrogen-bond acceptors (Lipinski definition) is 4. The molecule has 3 aromatic carbocycles. The van der Waals surface area contributed by atoms with Crippen LogP contribution in [0.1, 0.15) is 18.1 Å². The molecule has 29 heavy (non-hydrogen) atoms. The maximum Gasteiger partial charge on any atom is 0.163 e. The minimum Gasteiger partial charge on any atom is -0.508 e. The van der Waals surface area contributed by atoms with Gasteiger partial charge in [-0.3, -0.25) is 0 Å². The largest absolute Gasteiger partial charge is 0.508 e. The SMILES string of the molecule is CCOc1cc(CNc2ccc(O)cc2)c(Cl)cc1OCc1c(F)cccc1Cl. The lowest BCUT2D eigenvalue weighted by Gasteiger charge is -2.16. The Morgan fingerprint density at radius 2 is 1.69 bits per heavy atom. The van der Waals surface area contributed by atoms with Gasteiger partial charge < -0.3 is 19.9 Å². The molecule has 0 spiro atoms. The van der Waals surface area contributed by atoms with E-state index in [4.69, 9.17) is 32.7 Å². The van der Waals surface area contributed by atoms with Crippen molar-refractivity contribution in [2.24, 2.45) is 0 Å². The first-order chi connectivity index (χ1) is 14.0. The Morgan fingerprint density at radius 3 is 2.38 bits per heavy atom. The Bertz CT molecular complexity index is 960. The van der Waals surface area contributed by atoms with Crippen molar-refractivity contribution in [2.75, 3.05) is 11.9 Å². The number of anilines is 1. The van der Waals surface area contributed by atoms with Crippen molar-refractivity contribution < 1.29 is 19.0 Å². The summed E-state index contributed by atoms with van der Waals surface area (Å²) in [6.45, 7) is 2.69. The van der Waals surface area contributed by atoms with Gasteiger partial charge in [-0.15, -0.1) is 0 Å². The number of nitrogens with one attached hydrogen (secondary N) is 1. The number of phenols is 1. The van der Waals surface area contributed by atoms with Crippen LogP contribution < -0.4 is 14.8 Å². The van der Waals surface area contributed by atoms with Crippen LogP contribution in [0, 0.1) is 5.82 Å².